The zero-order valence-corrected chi connectivity index (χ0v) is 12.3. The van der Waals surface area contributed by atoms with E-state index in [0.29, 0.717) is 17.9 Å². The maximum absolute atomic E-state index is 13.1. The quantitative estimate of drug-likeness (QED) is 0.703. The number of nitrogens with zero attached hydrogens (tertiary/aromatic N) is 3. The van der Waals surface area contributed by atoms with Gasteiger partial charge >= 0.3 is 0 Å². The van der Waals surface area contributed by atoms with Crippen LogP contribution in [0.5, 0.6) is 0 Å². The summed E-state index contributed by atoms with van der Waals surface area (Å²) in [5.41, 5.74) is 1.26. The van der Waals surface area contributed by atoms with Crippen LogP contribution in [0.2, 0.25) is 0 Å². The van der Waals surface area contributed by atoms with Crippen LogP contribution in [0.1, 0.15) is 5.56 Å². The van der Waals surface area contributed by atoms with Crippen LogP contribution < -0.4 is 5.32 Å². The first-order valence-electron chi connectivity index (χ1n) is 5.80. The first kappa shape index (κ1) is 13.2. The zero-order chi connectivity index (χ0) is 14.1. The maximum atomic E-state index is 13.1. The first-order chi connectivity index (χ1) is 9.61. The predicted octanol–water partition coefficient (Wildman–Crippen LogP) is 3.22. The Morgan fingerprint density at radius 1 is 1.20 bits per heavy atom. The minimum atomic E-state index is -0.587. The highest BCUT2D eigenvalue weighted by atomic mass is 127. The van der Waals surface area contributed by atoms with Crippen molar-refractivity contribution in [2.75, 3.05) is 5.32 Å². The summed E-state index contributed by atoms with van der Waals surface area (Å²) in [5.74, 6) is -0.549. The van der Waals surface area contributed by atoms with Gasteiger partial charge in [0.25, 0.3) is 0 Å². The molecule has 0 saturated carbocycles. The average molecular weight is 386 g/mol. The molecule has 3 rings (SSSR count). The third-order valence-electron chi connectivity index (χ3n) is 2.72. The van der Waals surface area contributed by atoms with Crippen molar-refractivity contribution in [3.8, 4) is 0 Å². The van der Waals surface area contributed by atoms with Crippen LogP contribution in [0.25, 0.3) is 5.65 Å². The summed E-state index contributed by atoms with van der Waals surface area (Å²) in [6.07, 6.45) is 3.49. The summed E-state index contributed by atoms with van der Waals surface area (Å²) in [5, 5.41) is 7.16. The molecule has 1 aromatic carbocycles. The largest absolute Gasteiger partial charge is 0.366 e. The summed E-state index contributed by atoms with van der Waals surface area (Å²) in [7, 11) is 0. The van der Waals surface area contributed by atoms with Crippen LogP contribution >= 0.6 is 22.6 Å². The predicted molar refractivity (Wildman–Crippen MR) is 79.4 cm³/mol. The molecule has 0 aliphatic heterocycles. The lowest BCUT2D eigenvalue weighted by atomic mass is 10.2. The van der Waals surface area contributed by atoms with Crippen molar-refractivity contribution in [3.05, 3.63) is 57.4 Å². The van der Waals surface area contributed by atoms with Crippen LogP contribution in [0, 0.1) is 15.2 Å². The third kappa shape index (κ3) is 2.72. The highest BCUT2D eigenvalue weighted by molar-refractivity contribution is 14.1. The van der Waals surface area contributed by atoms with Gasteiger partial charge < -0.3 is 5.32 Å². The fourth-order valence-electron chi connectivity index (χ4n) is 1.85. The summed E-state index contributed by atoms with van der Waals surface area (Å²) < 4.78 is 28.7. The van der Waals surface area contributed by atoms with Crippen molar-refractivity contribution in [2.45, 2.75) is 6.54 Å². The van der Waals surface area contributed by atoms with E-state index in [1.807, 2.05) is 0 Å². The molecule has 2 heterocycles. The van der Waals surface area contributed by atoms with Gasteiger partial charge in [0.05, 0.1) is 9.77 Å². The van der Waals surface area contributed by atoms with Crippen LogP contribution in [-0.2, 0) is 6.54 Å². The van der Waals surface area contributed by atoms with Gasteiger partial charge in [-0.3, -0.25) is 0 Å². The van der Waals surface area contributed by atoms with Crippen molar-refractivity contribution in [3.63, 3.8) is 0 Å². The van der Waals surface area contributed by atoms with Gasteiger partial charge in [-0.15, -0.1) is 0 Å². The van der Waals surface area contributed by atoms with E-state index in [9.17, 15) is 8.78 Å². The highest BCUT2D eigenvalue weighted by Crippen LogP contribution is 2.14. The minimum absolute atomic E-state index is 0.294. The van der Waals surface area contributed by atoms with Gasteiger partial charge in [-0.25, -0.2) is 18.3 Å². The number of benzene rings is 1. The molecule has 20 heavy (non-hydrogen) atoms. The molecule has 1 N–H and O–H groups in total. The third-order valence-corrected chi connectivity index (χ3v) is 3.48. The second-order valence-corrected chi connectivity index (χ2v) is 5.37. The monoisotopic (exact) mass is 386 g/mol. The number of halogens is 3. The Labute approximate surface area is 127 Å². The van der Waals surface area contributed by atoms with E-state index in [1.165, 1.54) is 12.1 Å². The van der Waals surface area contributed by atoms with Crippen molar-refractivity contribution < 1.29 is 8.78 Å². The standard InChI is InChI=1S/C13H9F2IN4/c14-9-3-8(4-10(15)5-9)6-17-12-1-2-20-13(19-12)11(16)7-18-20/h1-5,7H,6H2,(H,17,19). The van der Waals surface area contributed by atoms with Crippen LogP contribution in [0.4, 0.5) is 14.6 Å². The van der Waals surface area contributed by atoms with Crippen LogP contribution in [0.3, 0.4) is 0 Å². The number of anilines is 1. The fraction of sp³-hybridized carbons (Fsp3) is 0.0769. The van der Waals surface area contributed by atoms with Crippen molar-refractivity contribution >= 4 is 34.1 Å². The first-order valence-corrected chi connectivity index (χ1v) is 6.88. The van der Waals surface area contributed by atoms with E-state index in [-0.39, 0.29) is 0 Å². The van der Waals surface area contributed by atoms with Gasteiger partial charge in [0, 0.05) is 18.8 Å². The van der Waals surface area contributed by atoms with E-state index in [2.05, 4.69) is 38.0 Å². The number of aromatic nitrogens is 3. The Balaban J connectivity index is 1.80. The molecule has 0 atom stereocenters. The van der Waals surface area contributed by atoms with E-state index in [1.54, 1.807) is 23.0 Å². The van der Waals surface area contributed by atoms with Gasteiger partial charge in [0.2, 0.25) is 0 Å². The molecule has 4 nitrogen and oxygen atoms in total. The maximum Gasteiger partial charge on any atom is 0.170 e. The fourth-order valence-corrected chi connectivity index (χ4v) is 2.34. The lowest BCUT2D eigenvalue weighted by Gasteiger charge is -2.06. The second-order valence-electron chi connectivity index (χ2n) is 4.20. The molecule has 0 amide bonds. The Morgan fingerprint density at radius 3 is 2.70 bits per heavy atom. The van der Waals surface area contributed by atoms with Crippen molar-refractivity contribution in [1.29, 1.82) is 0 Å². The number of rotatable bonds is 3. The minimum Gasteiger partial charge on any atom is -0.366 e. The van der Waals surface area contributed by atoms with Crippen LogP contribution in [-0.4, -0.2) is 14.6 Å². The van der Waals surface area contributed by atoms with E-state index >= 15 is 0 Å². The summed E-state index contributed by atoms with van der Waals surface area (Å²) in [4.78, 5) is 4.39. The second kappa shape index (κ2) is 5.31. The molecule has 102 valence electrons. The topological polar surface area (TPSA) is 42.2 Å². The molecule has 0 bridgehead atoms. The van der Waals surface area contributed by atoms with Crippen molar-refractivity contribution in [1.82, 2.24) is 14.6 Å². The molecule has 3 aromatic rings. The summed E-state index contributed by atoms with van der Waals surface area (Å²) in [6, 6.07) is 5.18. The molecule has 0 aliphatic rings. The van der Waals surface area contributed by atoms with E-state index in [4.69, 9.17) is 0 Å². The van der Waals surface area contributed by atoms with E-state index < -0.39 is 11.6 Å². The highest BCUT2D eigenvalue weighted by Gasteiger charge is 2.05. The number of hydrogen-bond donors (Lipinski definition) is 1. The molecule has 0 unspecified atom stereocenters. The lowest BCUT2D eigenvalue weighted by molar-refractivity contribution is 0.580. The molecule has 7 heteroatoms. The van der Waals surface area contributed by atoms with Gasteiger partial charge in [-0.2, -0.15) is 5.10 Å². The molecular formula is C13H9F2IN4. The lowest BCUT2D eigenvalue weighted by Crippen LogP contribution is -2.03. The summed E-state index contributed by atoms with van der Waals surface area (Å²) in [6.45, 7) is 0.294. The number of fused-ring (bicyclic) bond motifs is 1. The van der Waals surface area contributed by atoms with Gasteiger partial charge in [-0.05, 0) is 46.4 Å². The molecule has 0 fully saturated rings. The molecule has 0 saturated heterocycles. The number of nitrogens with one attached hydrogen (secondary N) is 1. The summed E-state index contributed by atoms with van der Waals surface area (Å²) >= 11 is 2.15. The Morgan fingerprint density at radius 2 is 1.95 bits per heavy atom. The SMILES string of the molecule is Fc1cc(F)cc(CNc2ccn3ncc(I)c3n2)c1. The smallest absolute Gasteiger partial charge is 0.170 e. The van der Waals surface area contributed by atoms with Crippen LogP contribution in [0.15, 0.2) is 36.7 Å². The van der Waals surface area contributed by atoms with E-state index in [0.717, 1.165) is 15.3 Å². The van der Waals surface area contributed by atoms with Gasteiger partial charge in [0.1, 0.15) is 17.5 Å². The molecule has 0 radical (unpaired) electrons. The average Bonchev–Trinajstić information content (AvgIpc) is 2.77. The molecule has 0 spiro atoms. The van der Waals surface area contributed by atoms with Gasteiger partial charge in [0.15, 0.2) is 5.65 Å². The van der Waals surface area contributed by atoms with Crippen molar-refractivity contribution in [2.24, 2.45) is 0 Å². The molecule has 0 aliphatic carbocycles. The number of hydrogen-bond acceptors (Lipinski definition) is 3. The Hall–Kier alpha value is -1.77. The zero-order valence-electron chi connectivity index (χ0n) is 10.1. The molecular weight excluding hydrogens is 377 g/mol. The Kier molecular flexibility index (Phi) is 3.51. The normalized spacial score (nSPS) is 10.9. The van der Waals surface area contributed by atoms with Gasteiger partial charge in [-0.1, -0.05) is 0 Å². The molecule has 2 aromatic heterocycles. The Bertz CT molecular complexity index is 752.